The maximum atomic E-state index is 12.0. The lowest BCUT2D eigenvalue weighted by Crippen LogP contribution is -2.40. The molecule has 1 N–H and O–H groups in total. The Morgan fingerprint density at radius 3 is 2.67 bits per heavy atom. The summed E-state index contributed by atoms with van der Waals surface area (Å²) in [5.41, 5.74) is 2.36. The van der Waals surface area contributed by atoms with Crippen LogP contribution in [0.5, 0.6) is 0 Å². The number of benzene rings is 1. The van der Waals surface area contributed by atoms with Gasteiger partial charge in [0.2, 0.25) is 5.91 Å². The molecule has 1 aromatic carbocycles. The zero-order valence-corrected chi connectivity index (χ0v) is 11.6. The Morgan fingerprint density at radius 1 is 1.44 bits per heavy atom. The topological polar surface area (TPSA) is 40.5 Å². The van der Waals surface area contributed by atoms with Crippen LogP contribution in [0.2, 0.25) is 0 Å². The van der Waals surface area contributed by atoms with Crippen molar-refractivity contribution in [2.45, 2.75) is 31.7 Å². The van der Waals surface area contributed by atoms with Crippen molar-refractivity contribution in [1.82, 2.24) is 4.90 Å². The van der Waals surface area contributed by atoms with E-state index in [2.05, 4.69) is 31.2 Å². The summed E-state index contributed by atoms with van der Waals surface area (Å²) in [5, 5.41) is 9.46. The Balaban J connectivity index is 2.26. The molecule has 1 amide bonds. The lowest BCUT2D eigenvalue weighted by Gasteiger charge is -2.31. The third-order valence-corrected chi connectivity index (χ3v) is 4.57. The number of aryl methyl sites for hydroxylation is 1. The minimum Gasteiger partial charge on any atom is -0.394 e. The van der Waals surface area contributed by atoms with Crippen LogP contribution in [0.4, 0.5) is 0 Å². The van der Waals surface area contributed by atoms with Crippen LogP contribution in [0.1, 0.15) is 29.8 Å². The number of amides is 1. The highest BCUT2D eigenvalue weighted by atomic mass is 32.2. The molecule has 98 valence electrons. The summed E-state index contributed by atoms with van der Waals surface area (Å²) in [6, 6.07) is 8.21. The first-order valence-electron chi connectivity index (χ1n) is 6.27. The molecule has 0 bridgehead atoms. The molecule has 1 aliphatic heterocycles. The number of hydrogen-bond acceptors (Lipinski definition) is 3. The normalized spacial score (nSPS) is 21.4. The average Bonchev–Trinajstić information content (AvgIpc) is 2.75. The minimum absolute atomic E-state index is 0.0329. The summed E-state index contributed by atoms with van der Waals surface area (Å²) < 4.78 is 0. The van der Waals surface area contributed by atoms with Crippen molar-refractivity contribution in [3.05, 3.63) is 35.4 Å². The molecule has 0 aromatic heterocycles. The Bertz CT molecular complexity index is 414. The number of nitrogens with zero attached hydrogens (tertiary/aromatic N) is 1. The van der Waals surface area contributed by atoms with Gasteiger partial charge in [-0.25, -0.2) is 0 Å². The van der Waals surface area contributed by atoms with Crippen molar-refractivity contribution >= 4 is 17.7 Å². The van der Waals surface area contributed by atoms with Crippen molar-refractivity contribution in [3.8, 4) is 0 Å². The molecule has 0 spiro atoms. The number of aliphatic hydroxyl groups excluding tert-OH is 1. The van der Waals surface area contributed by atoms with E-state index in [4.69, 9.17) is 0 Å². The molecule has 3 nitrogen and oxygen atoms in total. The summed E-state index contributed by atoms with van der Waals surface area (Å²) in [7, 11) is 0. The van der Waals surface area contributed by atoms with E-state index in [-0.39, 0.29) is 23.9 Å². The highest BCUT2D eigenvalue weighted by Gasteiger charge is 2.36. The van der Waals surface area contributed by atoms with Crippen LogP contribution in [-0.4, -0.2) is 34.3 Å². The monoisotopic (exact) mass is 265 g/mol. The molecule has 1 aromatic rings. The van der Waals surface area contributed by atoms with E-state index < -0.39 is 0 Å². The number of carbonyl (C=O) groups is 1. The fourth-order valence-electron chi connectivity index (χ4n) is 2.23. The quantitative estimate of drug-likeness (QED) is 0.908. The van der Waals surface area contributed by atoms with Gasteiger partial charge in [0.05, 0.1) is 18.4 Å². The summed E-state index contributed by atoms with van der Waals surface area (Å²) in [6.45, 7) is 4.09. The molecule has 2 rings (SSSR count). The van der Waals surface area contributed by atoms with Gasteiger partial charge >= 0.3 is 0 Å². The summed E-state index contributed by atoms with van der Waals surface area (Å²) >= 11 is 1.64. The van der Waals surface area contributed by atoms with Gasteiger partial charge in [0.1, 0.15) is 5.37 Å². The average molecular weight is 265 g/mol. The van der Waals surface area contributed by atoms with E-state index in [0.29, 0.717) is 5.75 Å². The van der Waals surface area contributed by atoms with Crippen LogP contribution >= 0.6 is 11.8 Å². The third-order valence-electron chi connectivity index (χ3n) is 3.34. The van der Waals surface area contributed by atoms with E-state index in [1.807, 2.05) is 11.8 Å². The third kappa shape index (κ3) is 2.54. The van der Waals surface area contributed by atoms with Crippen LogP contribution in [-0.2, 0) is 4.79 Å². The predicted octanol–water partition coefficient (Wildman–Crippen LogP) is 2.34. The number of hydrogen-bond donors (Lipinski definition) is 1. The summed E-state index contributed by atoms with van der Waals surface area (Å²) in [4.78, 5) is 13.8. The van der Waals surface area contributed by atoms with Gasteiger partial charge in [-0.1, -0.05) is 36.8 Å². The van der Waals surface area contributed by atoms with Crippen LogP contribution < -0.4 is 0 Å². The molecule has 1 heterocycles. The number of thioether (sulfide) groups is 1. The van der Waals surface area contributed by atoms with Crippen LogP contribution in [0.3, 0.4) is 0 Å². The van der Waals surface area contributed by atoms with E-state index >= 15 is 0 Å². The Morgan fingerprint density at radius 2 is 2.11 bits per heavy atom. The molecule has 18 heavy (non-hydrogen) atoms. The number of carbonyl (C=O) groups excluding carboxylic acids is 1. The highest BCUT2D eigenvalue weighted by molar-refractivity contribution is 8.00. The number of aliphatic hydroxyl groups is 1. The van der Waals surface area contributed by atoms with E-state index in [0.717, 1.165) is 12.0 Å². The maximum absolute atomic E-state index is 12.0. The number of rotatable bonds is 4. The molecule has 1 fully saturated rings. The molecule has 0 aliphatic carbocycles. The van der Waals surface area contributed by atoms with E-state index in [1.54, 1.807) is 11.8 Å². The van der Waals surface area contributed by atoms with Crippen molar-refractivity contribution in [3.63, 3.8) is 0 Å². The zero-order chi connectivity index (χ0) is 13.1. The Hall–Kier alpha value is -1.00. The zero-order valence-electron chi connectivity index (χ0n) is 10.8. The second-order valence-corrected chi connectivity index (χ2v) is 5.69. The van der Waals surface area contributed by atoms with Crippen molar-refractivity contribution in [2.24, 2.45) is 0 Å². The second kappa shape index (κ2) is 5.76. The van der Waals surface area contributed by atoms with E-state index in [9.17, 15) is 9.90 Å². The largest absolute Gasteiger partial charge is 0.394 e. The first kappa shape index (κ1) is 13.4. The molecular weight excluding hydrogens is 246 g/mol. The minimum atomic E-state index is -0.0706. The molecule has 1 saturated heterocycles. The summed E-state index contributed by atoms with van der Waals surface area (Å²) in [6.07, 6.45) is 0.783. The Kier molecular flexibility index (Phi) is 4.30. The van der Waals surface area contributed by atoms with Gasteiger partial charge in [-0.2, -0.15) is 0 Å². The molecule has 0 radical (unpaired) electrons. The van der Waals surface area contributed by atoms with Gasteiger partial charge in [0.25, 0.3) is 0 Å². The fourth-order valence-corrected chi connectivity index (χ4v) is 3.48. The fraction of sp³-hybridized carbons (Fsp3) is 0.500. The molecule has 1 aliphatic rings. The SMILES string of the molecule is CCC(CO)N1C(=O)CSC1c1ccc(C)cc1. The lowest BCUT2D eigenvalue weighted by molar-refractivity contribution is -0.131. The lowest BCUT2D eigenvalue weighted by atomic mass is 10.1. The van der Waals surface area contributed by atoms with Crippen LogP contribution in [0.15, 0.2) is 24.3 Å². The standard InChI is InChI=1S/C14H19NO2S/c1-3-12(8-16)15-13(17)9-18-14(15)11-6-4-10(2)5-7-11/h4-7,12,14,16H,3,8-9H2,1-2H3. The van der Waals surface area contributed by atoms with Gasteiger partial charge in [-0.05, 0) is 18.9 Å². The van der Waals surface area contributed by atoms with Crippen LogP contribution in [0, 0.1) is 6.92 Å². The first-order chi connectivity index (χ1) is 8.67. The smallest absolute Gasteiger partial charge is 0.234 e. The first-order valence-corrected chi connectivity index (χ1v) is 7.32. The van der Waals surface area contributed by atoms with Gasteiger partial charge in [0, 0.05) is 0 Å². The molecular formula is C14H19NO2S. The van der Waals surface area contributed by atoms with E-state index in [1.165, 1.54) is 5.56 Å². The molecule has 2 unspecified atom stereocenters. The van der Waals surface area contributed by atoms with Gasteiger partial charge in [-0.3, -0.25) is 4.79 Å². The Labute approximate surface area is 112 Å². The van der Waals surface area contributed by atoms with Crippen LogP contribution in [0.25, 0.3) is 0 Å². The maximum Gasteiger partial charge on any atom is 0.234 e. The van der Waals surface area contributed by atoms with Gasteiger partial charge in [0.15, 0.2) is 0 Å². The van der Waals surface area contributed by atoms with Crippen molar-refractivity contribution in [1.29, 1.82) is 0 Å². The molecule has 4 heteroatoms. The van der Waals surface area contributed by atoms with Crippen molar-refractivity contribution in [2.75, 3.05) is 12.4 Å². The van der Waals surface area contributed by atoms with Gasteiger partial charge in [-0.15, -0.1) is 11.8 Å². The second-order valence-electron chi connectivity index (χ2n) is 4.62. The summed E-state index contributed by atoms with van der Waals surface area (Å²) in [5.74, 6) is 0.640. The highest BCUT2D eigenvalue weighted by Crippen LogP contribution is 2.40. The van der Waals surface area contributed by atoms with Crippen molar-refractivity contribution < 1.29 is 9.90 Å². The van der Waals surface area contributed by atoms with Gasteiger partial charge < -0.3 is 10.0 Å². The molecule has 0 saturated carbocycles. The predicted molar refractivity (Wildman–Crippen MR) is 74.4 cm³/mol. The molecule has 2 atom stereocenters.